The third kappa shape index (κ3) is 3.66. The summed E-state index contributed by atoms with van der Waals surface area (Å²) in [7, 11) is 0. The first kappa shape index (κ1) is 16.9. The first-order valence-electron chi connectivity index (χ1n) is 7.75. The van der Waals surface area contributed by atoms with Crippen LogP contribution < -0.4 is 4.74 Å². The van der Waals surface area contributed by atoms with E-state index in [9.17, 15) is 0 Å². The molecule has 0 fully saturated rings. The van der Waals surface area contributed by atoms with Crippen LogP contribution in [-0.4, -0.2) is 10.1 Å². The molecule has 0 radical (unpaired) electrons. The Kier molecular flexibility index (Phi) is 4.77. The highest BCUT2D eigenvalue weighted by Gasteiger charge is 2.14. The van der Waals surface area contributed by atoms with Crippen LogP contribution in [0.2, 0.25) is 5.02 Å². The van der Waals surface area contributed by atoms with Gasteiger partial charge in [-0.15, -0.1) is 0 Å². The summed E-state index contributed by atoms with van der Waals surface area (Å²) in [6, 6.07) is 18.6. The van der Waals surface area contributed by atoms with Crippen LogP contribution in [0.4, 0.5) is 0 Å². The molecule has 2 aromatic carbocycles. The van der Waals surface area contributed by atoms with Crippen molar-refractivity contribution in [2.75, 3.05) is 0 Å². The maximum absolute atomic E-state index is 6.14. The van der Waals surface area contributed by atoms with Crippen LogP contribution in [-0.2, 0) is 6.61 Å². The molecule has 0 aliphatic carbocycles. The number of hydrogen-bond donors (Lipinski definition) is 0. The summed E-state index contributed by atoms with van der Waals surface area (Å²) in [5, 5.41) is 4.51. The van der Waals surface area contributed by atoms with E-state index < -0.39 is 0 Å². The number of halogens is 2. The largest absolute Gasteiger partial charge is 0.484 e. The standard InChI is InChI=1S/C19H12BrClN2O3/c20-13-6-8-16(15(21)10-13)24-11-14-7-9-17(25-14)19-22-18(23-26-19)12-4-2-1-3-5-12/h1-10H,11H2. The summed E-state index contributed by atoms with van der Waals surface area (Å²) in [6.45, 7) is 0.237. The van der Waals surface area contributed by atoms with E-state index in [1.165, 1.54) is 0 Å². The second kappa shape index (κ2) is 7.35. The summed E-state index contributed by atoms with van der Waals surface area (Å²) in [5.41, 5.74) is 0.877. The number of aromatic nitrogens is 2. The second-order valence-electron chi connectivity index (χ2n) is 5.42. The van der Waals surface area contributed by atoms with E-state index in [2.05, 4.69) is 26.1 Å². The lowest BCUT2D eigenvalue weighted by molar-refractivity contribution is 0.270. The van der Waals surface area contributed by atoms with E-state index >= 15 is 0 Å². The van der Waals surface area contributed by atoms with Crippen molar-refractivity contribution in [3.8, 4) is 28.8 Å². The topological polar surface area (TPSA) is 61.3 Å². The van der Waals surface area contributed by atoms with Crippen molar-refractivity contribution in [3.05, 3.63) is 75.9 Å². The van der Waals surface area contributed by atoms with Gasteiger partial charge in [0.15, 0.2) is 5.76 Å². The van der Waals surface area contributed by atoms with Gasteiger partial charge in [-0.1, -0.05) is 63.0 Å². The Morgan fingerprint density at radius 1 is 1.04 bits per heavy atom. The number of hydrogen-bond acceptors (Lipinski definition) is 5. The number of furan rings is 1. The van der Waals surface area contributed by atoms with Crippen LogP contribution >= 0.6 is 27.5 Å². The third-order valence-electron chi connectivity index (χ3n) is 3.59. The Labute approximate surface area is 162 Å². The fourth-order valence-corrected chi connectivity index (χ4v) is 3.07. The lowest BCUT2D eigenvalue weighted by Gasteiger charge is -2.06. The molecule has 0 saturated carbocycles. The van der Waals surface area contributed by atoms with E-state index in [0.29, 0.717) is 34.0 Å². The van der Waals surface area contributed by atoms with E-state index in [1.807, 2.05) is 36.4 Å². The maximum atomic E-state index is 6.14. The number of rotatable bonds is 5. The first-order chi connectivity index (χ1) is 12.7. The highest BCUT2D eigenvalue weighted by Crippen LogP contribution is 2.29. The average Bonchev–Trinajstić information content (AvgIpc) is 3.31. The van der Waals surface area contributed by atoms with Crippen LogP contribution in [0.15, 0.2) is 74.1 Å². The first-order valence-corrected chi connectivity index (χ1v) is 8.92. The molecule has 0 bridgehead atoms. The van der Waals surface area contributed by atoms with Gasteiger partial charge in [-0.05, 0) is 30.3 Å². The summed E-state index contributed by atoms with van der Waals surface area (Å²) >= 11 is 9.50. The van der Waals surface area contributed by atoms with Crippen molar-refractivity contribution in [1.82, 2.24) is 10.1 Å². The molecule has 26 heavy (non-hydrogen) atoms. The zero-order chi connectivity index (χ0) is 17.9. The van der Waals surface area contributed by atoms with Gasteiger partial charge in [-0.3, -0.25) is 0 Å². The highest BCUT2D eigenvalue weighted by atomic mass is 79.9. The normalized spacial score (nSPS) is 10.8. The predicted octanol–water partition coefficient (Wildman–Crippen LogP) is 5.99. The van der Waals surface area contributed by atoms with Crippen molar-refractivity contribution >= 4 is 27.5 Å². The summed E-state index contributed by atoms with van der Waals surface area (Å²) in [4.78, 5) is 4.37. The molecule has 7 heteroatoms. The average molecular weight is 432 g/mol. The molecule has 4 rings (SSSR count). The zero-order valence-corrected chi connectivity index (χ0v) is 15.7. The smallest absolute Gasteiger partial charge is 0.293 e. The Balaban J connectivity index is 1.47. The van der Waals surface area contributed by atoms with Gasteiger partial charge in [0, 0.05) is 10.0 Å². The monoisotopic (exact) mass is 430 g/mol. The van der Waals surface area contributed by atoms with Crippen LogP contribution in [0.1, 0.15) is 5.76 Å². The van der Waals surface area contributed by atoms with E-state index in [-0.39, 0.29) is 6.61 Å². The molecule has 0 atom stereocenters. The molecular weight excluding hydrogens is 420 g/mol. The molecule has 2 heterocycles. The number of benzene rings is 2. The SMILES string of the molecule is Clc1cc(Br)ccc1OCc1ccc(-c2nc(-c3ccccc3)no2)o1. The minimum atomic E-state index is 0.237. The Hall–Kier alpha value is -2.57. The molecule has 2 aromatic heterocycles. The van der Waals surface area contributed by atoms with Gasteiger partial charge in [0.25, 0.3) is 5.89 Å². The lowest BCUT2D eigenvalue weighted by atomic mass is 10.2. The van der Waals surface area contributed by atoms with Gasteiger partial charge in [0.05, 0.1) is 5.02 Å². The molecule has 0 spiro atoms. The van der Waals surface area contributed by atoms with Crippen molar-refractivity contribution in [2.24, 2.45) is 0 Å². The Morgan fingerprint density at radius 2 is 1.88 bits per heavy atom. The van der Waals surface area contributed by atoms with Gasteiger partial charge in [-0.2, -0.15) is 4.98 Å². The number of nitrogens with zero attached hydrogens (tertiary/aromatic N) is 2. The molecule has 0 amide bonds. The van der Waals surface area contributed by atoms with Crippen LogP contribution in [0.3, 0.4) is 0 Å². The molecule has 130 valence electrons. The zero-order valence-electron chi connectivity index (χ0n) is 13.4. The van der Waals surface area contributed by atoms with Gasteiger partial charge in [0.1, 0.15) is 18.1 Å². The Morgan fingerprint density at radius 3 is 2.69 bits per heavy atom. The van der Waals surface area contributed by atoms with Gasteiger partial charge < -0.3 is 13.7 Å². The van der Waals surface area contributed by atoms with Crippen molar-refractivity contribution in [3.63, 3.8) is 0 Å². The van der Waals surface area contributed by atoms with E-state index in [4.69, 9.17) is 25.3 Å². The quantitative estimate of drug-likeness (QED) is 0.388. The van der Waals surface area contributed by atoms with Gasteiger partial charge in [-0.25, -0.2) is 0 Å². The maximum Gasteiger partial charge on any atom is 0.293 e. The molecule has 0 aliphatic heterocycles. The molecule has 5 nitrogen and oxygen atoms in total. The van der Waals surface area contributed by atoms with E-state index in [0.717, 1.165) is 10.0 Å². The van der Waals surface area contributed by atoms with Gasteiger partial charge >= 0.3 is 0 Å². The van der Waals surface area contributed by atoms with Crippen molar-refractivity contribution < 1.29 is 13.7 Å². The minimum Gasteiger partial charge on any atom is -0.484 e. The third-order valence-corrected chi connectivity index (χ3v) is 4.38. The summed E-state index contributed by atoms with van der Waals surface area (Å²) in [5.74, 6) is 2.52. The summed E-state index contributed by atoms with van der Waals surface area (Å²) in [6.07, 6.45) is 0. The highest BCUT2D eigenvalue weighted by molar-refractivity contribution is 9.10. The minimum absolute atomic E-state index is 0.237. The number of ether oxygens (including phenoxy) is 1. The van der Waals surface area contributed by atoms with Crippen LogP contribution in [0.5, 0.6) is 5.75 Å². The van der Waals surface area contributed by atoms with Crippen LogP contribution in [0, 0.1) is 0 Å². The summed E-state index contributed by atoms with van der Waals surface area (Å²) < 4.78 is 17.6. The molecule has 0 unspecified atom stereocenters. The molecular formula is C19H12BrClN2O3. The Bertz CT molecular complexity index is 1030. The molecule has 0 N–H and O–H groups in total. The predicted molar refractivity (Wildman–Crippen MR) is 101 cm³/mol. The van der Waals surface area contributed by atoms with Crippen molar-refractivity contribution in [2.45, 2.75) is 6.61 Å². The molecule has 0 saturated heterocycles. The molecule has 4 aromatic rings. The van der Waals surface area contributed by atoms with Gasteiger partial charge in [0.2, 0.25) is 5.82 Å². The van der Waals surface area contributed by atoms with E-state index in [1.54, 1.807) is 24.3 Å². The molecule has 0 aliphatic rings. The second-order valence-corrected chi connectivity index (χ2v) is 6.74. The van der Waals surface area contributed by atoms with Crippen molar-refractivity contribution in [1.29, 1.82) is 0 Å². The fourth-order valence-electron chi connectivity index (χ4n) is 2.34. The van der Waals surface area contributed by atoms with Crippen LogP contribution in [0.25, 0.3) is 23.0 Å². The fraction of sp³-hybridized carbons (Fsp3) is 0.0526. The lowest BCUT2D eigenvalue weighted by Crippen LogP contribution is -1.94.